The lowest BCUT2D eigenvalue weighted by atomic mass is 10.2. The van der Waals surface area contributed by atoms with Crippen molar-refractivity contribution in [2.24, 2.45) is 0 Å². The highest BCUT2D eigenvalue weighted by atomic mass is 35.5. The highest BCUT2D eigenvalue weighted by Crippen LogP contribution is 2.31. The molecule has 0 aliphatic heterocycles. The van der Waals surface area contributed by atoms with E-state index in [1.165, 1.54) is 12.0 Å². The Morgan fingerprint density at radius 2 is 2.21 bits per heavy atom. The van der Waals surface area contributed by atoms with E-state index >= 15 is 0 Å². The molecule has 0 unspecified atom stereocenters. The number of benzene rings is 1. The van der Waals surface area contributed by atoms with Gasteiger partial charge in [0.1, 0.15) is 5.75 Å². The van der Waals surface area contributed by atoms with Crippen LogP contribution in [-0.2, 0) is 0 Å². The van der Waals surface area contributed by atoms with E-state index in [1.807, 2.05) is 13.8 Å². The van der Waals surface area contributed by atoms with Gasteiger partial charge in [0.25, 0.3) is 0 Å². The molecule has 0 radical (unpaired) electrons. The van der Waals surface area contributed by atoms with Crippen molar-refractivity contribution in [1.29, 1.82) is 0 Å². The van der Waals surface area contributed by atoms with Crippen molar-refractivity contribution in [2.45, 2.75) is 13.8 Å². The lowest BCUT2D eigenvalue weighted by molar-refractivity contribution is 0.192. The first kappa shape index (κ1) is 15.6. The highest BCUT2D eigenvalue weighted by molar-refractivity contribution is 6.31. The smallest absolute Gasteiger partial charge is 0.322 e. The molecule has 2 N–H and O–H groups in total. The van der Waals surface area contributed by atoms with E-state index < -0.39 is 0 Å². The van der Waals surface area contributed by atoms with Crippen LogP contribution in [0, 0.1) is 6.92 Å². The fourth-order valence-corrected chi connectivity index (χ4v) is 1.80. The molecule has 6 heteroatoms. The van der Waals surface area contributed by atoms with Crippen LogP contribution in [-0.4, -0.2) is 42.8 Å². The Morgan fingerprint density at radius 1 is 1.53 bits per heavy atom. The normalized spacial score (nSPS) is 10.2. The minimum absolute atomic E-state index is 0.0714. The highest BCUT2D eigenvalue weighted by Gasteiger charge is 2.14. The molecular formula is C13H19ClN2O3. The summed E-state index contributed by atoms with van der Waals surface area (Å²) in [5, 5.41) is 12.2. The maximum Gasteiger partial charge on any atom is 0.322 e. The summed E-state index contributed by atoms with van der Waals surface area (Å²) in [6.45, 7) is 4.43. The number of aryl methyl sites for hydroxylation is 1. The second kappa shape index (κ2) is 7.21. The van der Waals surface area contributed by atoms with E-state index in [0.717, 1.165) is 5.56 Å². The average molecular weight is 287 g/mol. The summed E-state index contributed by atoms with van der Waals surface area (Å²) in [7, 11) is 1.52. The van der Waals surface area contributed by atoms with Gasteiger partial charge >= 0.3 is 6.03 Å². The van der Waals surface area contributed by atoms with Crippen molar-refractivity contribution < 1.29 is 14.6 Å². The zero-order chi connectivity index (χ0) is 14.4. The Kier molecular flexibility index (Phi) is 5.92. The molecule has 0 heterocycles. The molecular weight excluding hydrogens is 268 g/mol. The predicted molar refractivity (Wildman–Crippen MR) is 76.1 cm³/mol. The van der Waals surface area contributed by atoms with Crippen LogP contribution in [0.4, 0.5) is 10.5 Å². The molecule has 2 amide bonds. The SMILES string of the molecule is CCN(CCO)C(=O)Nc1cc(C)c(Cl)cc1OC. The van der Waals surface area contributed by atoms with Gasteiger partial charge in [-0.05, 0) is 25.5 Å². The summed E-state index contributed by atoms with van der Waals surface area (Å²) in [5.74, 6) is 0.504. The monoisotopic (exact) mass is 286 g/mol. The van der Waals surface area contributed by atoms with Gasteiger partial charge in [0.15, 0.2) is 0 Å². The Bertz CT molecular complexity index is 452. The lowest BCUT2D eigenvalue weighted by Crippen LogP contribution is -2.36. The van der Waals surface area contributed by atoms with Gasteiger partial charge < -0.3 is 20.1 Å². The number of carbonyl (C=O) groups is 1. The maximum absolute atomic E-state index is 12.0. The molecule has 0 bridgehead atoms. The van der Waals surface area contributed by atoms with Gasteiger partial charge in [0, 0.05) is 24.2 Å². The topological polar surface area (TPSA) is 61.8 Å². The molecule has 106 valence electrons. The van der Waals surface area contributed by atoms with Gasteiger partial charge in [-0.2, -0.15) is 0 Å². The number of rotatable bonds is 5. The van der Waals surface area contributed by atoms with E-state index in [9.17, 15) is 4.79 Å². The number of likely N-dealkylation sites (N-methyl/N-ethyl adjacent to an activating group) is 1. The van der Waals surface area contributed by atoms with Crippen LogP contribution in [0.3, 0.4) is 0 Å². The number of aliphatic hydroxyl groups excluding tert-OH is 1. The van der Waals surface area contributed by atoms with Gasteiger partial charge in [0.05, 0.1) is 19.4 Å². The molecule has 19 heavy (non-hydrogen) atoms. The number of amides is 2. The number of urea groups is 1. The summed E-state index contributed by atoms with van der Waals surface area (Å²) >= 11 is 6.00. The fraction of sp³-hybridized carbons (Fsp3) is 0.462. The second-order valence-corrected chi connectivity index (χ2v) is 4.44. The molecule has 1 rings (SSSR count). The minimum Gasteiger partial charge on any atom is -0.495 e. The zero-order valence-electron chi connectivity index (χ0n) is 11.4. The van der Waals surface area contributed by atoms with Crippen LogP contribution < -0.4 is 10.1 Å². The van der Waals surface area contributed by atoms with Gasteiger partial charge in [-0.25, -0.2) is 4.79 Å². The third-order valence-electron chi connectivity index (χ3n) is 2.76. The Labute approximate surface area is 118 Å². The summed E-state index contributed by atoms with van der Waals surface area (Å²) in [6, 6.07) is 3.14. The first-order chi connectivity index (χ1) is 9.03. The summed E-state index contributed by atoms with van der Waals surface area (Å²) in [4.78, 5) is 13.5. The summed E-state index contributed by atoms with van der Waals surface area (Å²) < 4.78 is 5.19. The number of aliphatic hydroxyl groups is 1. The van der Waals surface area contributed by atoms with Crippen LogP contribution in [0.25, 0.3) is 0 Å². The molecule has 0 saturated carbocycles. The Balaban J connectivity index is 2.92. The number of ether oxygens (including phenoxy) is 1. The van der Waals surface area contributed by atoms with Crippen LogP contribution in [0.2, 0.25) is 5.02 Å². The minimum atomic E-state index is -0.281. The van der Waals surface area contributed by atoms with Crippen molar-refractivity contribution in [1.82, 2.24) is 4.90 Å². The van der Waals surface area contributed by atoms with E-state index in [4.69, 9.17) is 21.4 Å². The zero-order valence-corrected chi connectivity index (χ0v) is 12.1. The third-order valence-corrected chi connectivity index (χ3v) is 3.17. The first-order valence-electron chi connectivity index (χ1n) is 6.04. The number of hydrogen-bond acceptors (Lipinski definition) is 3. The van der Waals surface area contributed by atoms with E-state index in [1.54, 1.807) is 12.1 Å². The second-order valence-electron chi connectivity index (χ2n) is 4.04. The fourth-order valence-electron chi connectivity index (χ4n) is 1.65. The van der Waals surface area contributed by atoms with Crippen molar-refractivity contribution in [3.8, 4) is 5.75 Å². The Hall–Kier alpha value is -1.46. The number of nitrogens with one attached hydrogen (secondary N) is 1. The van der Waals surface area contributed by atoms with Crippen molar-refractivity contribution >= 4 is 23.3 Å². The van der Waals surface area contributed by atoms with Crippen molar-refractivity contribution in [2.75, 3.05) is 32.1 Å². The first-order valence-corrected chi connectivity index (χ1v) is 6.42. The van der Waals surface area contributed by atoms with Crippen LogP contribution in [0.5, 0.6) is 5.75 Å². The quantitative estimate of drug-likeness (QED) is 0.874. The van der Waals surface area contributed by atoms with Crippen LogP contribution in [0.1, 0.15) is 12.5 Å². The number of methoxy groups -OCH3 is 1. The molecule has 0 saturated heterocycles. The van der Waals surface area contributed by atoms with E-state index in [0.29, 0.717) is 23.0 Å². The van der Waals surface area contributed by atoms with Crippen LogP contribution in [0.15, 0.2) is 12.1 Å². The summed E-state index contributed by atoms with van der Waals surface area (Å²) in [5.41, 5.74) is 1.41. The third kappa shape index (κ3) is 4.01. The van der Waals surface area contributed by atoms with E-state index in [2.05, 4.69) is 5.32 Å². The molecule has 0 aliphatic rings. The molecule has 1 aromatic carbocycles. The predicted octanol–water partition coefficient (Wildman–Crippen LogP) is 2.50. The van der Waals surface area contributed by atoms with Crippen LogP contribution >= 0.6 is 11.6 Å². The van der Waals surface area contributed by atoms with Gasteiger partial charge in [-0.3, -0.25) is 0 Å². The standard InChI is InChI=1S/C13H19ClN2O3/c1-4-16(5-6-17)13(18)15-11-7-9(2)10(14)8-12(11)19-3/h7-8,17H,4-6H2,1-3H3,(H,15,18). The van der Waals surface area contributed by atoms with Crippen molar-refractivity contribution in [3.05, 3.63) is 22.7 Å². The van der Waals surface area contributed by atoms with Gasteiger partial charge in [0.2, 0.25) is 0 Å². The van der Waals surface area contributed by atoms with E-state index in [-0.39, 0.29) is 19.2 Å². The number of carbonyl (C=O) groups excluding carboxylic acids is 1. The molecule has 0 spiro atoms. The van der Waals surface area contributed by atoms with Gasteiger partial charge in [-0.15, -0.1) is 0 Å². The molecule has 1 aromatic rings. The number of anilines is 1. The summed E-state index contributed by atoms with van der Waals surface area (Å²) in [6.07, 6.45) is 0. The molecule has 5 nitrogen and oxygen atoms in total. The molecule has 0 aromatic heterocycles. The van der Waals surface area contributed by atoms with Crippen molar-refractivity contribution in [3.63, 3.8) is 0 Å². The number of halogens is 1. The number of nitrogens with zero attached hydrogens (tertiary/aromatic N) is 1. The average Bonchev–Trinajstić information content (AvgIpc) is 2.39. The molecule has 0 fully saturated rings. The molecule has 0 aliphatic carbocycles. The number of hydrogen-bond donors (Lipinski definition) is 2. The maximum atomic E-state index is 12.0. The Morgan fingerprint density at radius 3 is 2.74 bits per heavy atom. The largest absolute Gasteiger partial charge is 0.495 e. The van der Waals surface area contributed by atoms with Gasteiger partial charge in [-0.1, -0.05) is 11.6 Å². The molecule has 0 atom stereocenters. The lowest BCUT2D eigenvalue weighted by Gasteiger charge is -2.21.